The first-order valence-corrected chi connectivity index (χ1v) is 4.77. The molecule has 1 rings (SSSR count). The largest absolute Gasteiger partial charge is 0.481 e. The molecule has 1 heterocycles. The minimum Gasteiger partial charge on any atom is -0.481 e. The first-order valence-electron chi connectivity index (χ1n) is 4.77. The summed E-state index contributed by atoms with van der Waals surface area (Å²) in [6.45, 7) is 1.26. The molecule has 1 fully saturated rings. The molecule has 2 N–H and O–H groups in total. The highest BCUT2D eigenvalue weighted by molar-refractivity contribution is 5.78. The number of carbonyl (C=O) groups excluding carboxylic acids is 1. The molecule has 0 spiro atoms. The van der Waals surface area contributed by atoms with E-state index in [9.17, 15) is 9.59 Å². The molecule has 5 nitrogen and oxygen atoms in total. The number of hydrogen-bond donors (Lipinski definition) is 2. The number of nitrogens with zero attached hydrogens (tertiary/aromatic N) is 1. The molecule has 0 aromatic heterocycles. The van der Waals surface area contributed by atoms with Gasteiger partial charge in [0.25, 0.3) is 0 Å². The molecule has 0 bridgehead atoms. The molecule has 80 valence electrons. The van der Waals surface area contributed by atoms with Gasteiger partial charge in [-0.15, -0.1) is 0 Å². The Morgan fingerprint density at radius 2 is 2.43 bits per heavy atom. The highest BCUT2D eigenvalue weighted by Gasteiger charge is 2.21. The molecule has 5 heteroatoms. The Kier molecular flexibility index (Phi) is 3.88. The van der Waals surface area contributed by atoms with Crippen molar-refractivity contribution in [2.75, 3.05) is 20.1 Å². The van der Waals surface area contributed by atoms with E-state index >= 15 is 0 Å². The van der Waals surface area contributed by atoms with E-state index in [2.05, 4.69) is 5.32 Å². The van der Waals surface area contributed by atoms with E-state index in [1.165, 1.54) is 0 Å². The zero-order valence-electron chi connectivity index (χ0n) is 8.32. The summed E-state index contributed by atoms with van der Waals surface area (Å²) in [5, 5.41) is 11.3. The number of carboxylic acid groups (broad SMARTS) is 1. The molecule has 0 saturated carbocycles. The van der Waals surface area contributed by atoms with Crippen LogP contribution >= 0.6 is 0 Å². The van der Waals surface area contributed by atoms with E-state index in [0.29, 0.717) is 13.0 Å². The fraction of sp³-hybridized carbons (Fsp3) is 0.778. The summed E-state index contributed by atoms with van der Waals surface area (Å²) in [7, 11) is 1.87. The summed E-state index contributed by atoms with van der Waals surface area (Å²) in [5.74, 6) is -0.686. The Balaban J connectivity index is 2.16. The molecule has 1 atom stereocenters. The number of likely N-dealkylation sites (N-methyl/N-ethyl adjacent to an activating group) is 1. The van der Waals surface area contributed by atoms with E-state index in [4.69, 9.17) is 5.11 Å². The second-order valence-corrected chi connectivity index (χ2v) is 3.71. The fourth-order valence-electron chi connectivity index (χ4n) is 1.57. The maximum atomic E-state index is 10.9. The minimum absolute atomic E-state index is 0.0987. The van der Waals surface area contributed by atoms with Crippen LogP contribution in [0.1, 0.15) is 19.3 Å². The first kappa shape index (κ1) is 11.0. The van der Waals surface area contributed by atoms with Gasteiger partial charge in [-0.05, 0) is 13.5 Å². The van der Waals surface area contributed by atoms with Crippen molar-refractivity contribution in [2.24, 2.45) is 0 Å². The van der Waals surface area contributed by atoms with Crippen LogP contribution in [-0.2, 0) is 9.59 Å². The number of carbonyl (C=O) groups is 2. The molecule has 0 aliphatic carbocycles. The molecular weight excluding hydrogens is 184 g/mol. The van der Waals surface area contributed by atoms with Gasteiger partial charge in [0.2, 0.25) is 5.91 Å². The quantitative estimate of drug-likeness (QED) is 0.637. The number of rotatable bonds is 5. The Morgan fingerprint density at radius 1 is 1.71 bits per heavy atom. The van der Waals surface area contributed by atoms with E-state index < -0.39 is 5.97 Å². The summed E-state index contributed by atoms with van der Waals surface area (Å²) in [5.41, 5.74) is 0. The standard InChI is InChI=1S/C9H16N2O3/c1-11(5-4-9(13)14)6-7-2-3-8(12)10-7/h7H,2-6H2,1H3,(H,10,12)(H,13,14). The number of carboxylic acids is 1. The van der Waals surface area contributed by atoms with Crippen LogP contribution in [0.5, 0.6) is 0 Å². The third kappa shape index (κ3) is 3.74. The van der Waals surface area contributed by atoms with Crippen molar-refractivity contribution < 1.29 is 14.7 Å². The topological polar surface area (TPSA) is 69.6 Å². The van der Waals surface area contributed by atoms with Crippen molar-refractivity contribution in [2.45, 2.75) is 25.3 Å². The summed E-state index contributed by atoms with van der Waals surface area (Å²) >= 11 is 0. The van der Waals surface area contributed by atoms with Crippen molar-refractivity contribution in [3.8, 4) is 0 Å². The molecule has 0 aromatic rings. The molecule has 1 amide bonds. The Hall–Kier alpha value is -1.10. The van der Waals surface area contributed by atoms with Crippen molar-refractivity contribution >= 4 is 11.9 Å². The number of aliphatic carboxylic acids is 1. The monoisotopic (exact) mass is 200 g/mol. The van der Waals surface area contributed by atoms with Gasteiger partial charge in [-0.2, -0.15) is 0 Å². The first-order chi connectivity index (χ1) is 6.58. The molecule has 1 aliphatic rings. The summed E-state index contributed by atoms with van der Waals surface area (Å²) < 4.78 is 0. The van der Waals surface area contributed by atoms with Gasteiger partial charge in [-0.25, -0.2) is 0 Å². The lowest BCUT2D eigenvalue weighted by atomic mass is 10.2. The number of nitrogens with one attached hydrogen (secondary N) is 1. The van der Waals surface area contributed by atoms with Gasteiger partial charge in [0.1, 0.15) is 0 Å². The van der Waals surface area contributed by atoms with Crippen LogP contribution in [0, 0.1) is 0 Å². The van der Waals surface area contributed by atoms with Gasteiger partial charge in [0, 0.05) is 25.6 Å². The van der Waals surface area contributed by atoms with E-state index in [1.807, 2.05) is 11.9 Å². The highest BCUT2D eigenvalue weighted by atomic mass is 16.4. The second kappa shape index (κ2) is 4.95. The average Bonchev–Trinajstić information content (AvgIpc) is 2.48. The van der Waals surface area contributed by atoms with E-state index in [0.717, 1.165) is 13.0 Å². The average molecular weight is 200 g/mol. The van der Waals surface area contributed by atoms with Gasteiger partial charge < -0.3 is 15.3 Å². The molecule has 1 unspecified atom stereocenters. The van der Waals surface area contributed by atoms with Crippen LogP contribution in [0.4, 0.5) is 0 Å². The molecule has 14 heavy (non-hydrogen) atoms. The molecular formula is C9H16N2O3. The molecule has 1 aliphatic heterocycles. The normalized spacial score (nSPS) is 21.3. The van der Waals surface area contributed by atoms with Crippen LogP contribution in [0.15, 0.2) is 0 Å². The molecule has 0 aromatic carbocycles. The second-order valence-electron chi connectivity index (χ2n) is 3.71. The molecule has 0 radical (unpaired) electrons. The summed E-state index contributed by atoms with van der Waals surface area (Å²) in [6.07, 6.45) is 1.60. The van der Waals surface area contributed by atoms with Crippen LogP contribution in [0.2, 0.25) is 0 Å². The van der Waals surface area contributed by atoms with Crippen LogP contribution < -0.4 is 5.32 Å². The van der Waals surface area contributed by atoms with Crippen LogP contribution in [-0.4, -0.2) is 48.1 Å². The Morgan fingerprint density at radius 3 is 2.93 bits per heavy atom. The lowest BCUT2D eigenvalue weighted by Crippen LogP contribution is -2.37. The van der Waals surface area contributed by atoms with Gasteiger partial charge in [0.15, 0.2) is 0 Å². The summed E-state index contributed by atoms with van der Waals surface area (Å²) in [6, 6.07) is 0.196. The van der Waals surface area contributed by atoms with Gasteiger partial charge >= 0.3 is 5.97 Å². The molecule has 1 saturated heterocycles. The third-order valence-electron chi connectivity index (χ3n) is 2.32. The Bertz CT molecular complexity index is 230. The lowest BCUT2D eigenvalue weighted by molar-refractivity contribution is -0.137. The van der Waals surface area contributed by atoms with E-state index in [1.54, 1.807) is 0 Å². The zero-order chi connectivity index (χ0) is 10.6. The van der Waals surface area contributed by atoms with Crippen LogP contribution in [0.25, 0.3) is 0 Å². The third-order valence-corrected chi connectivity index (χ3v) is 2.32. The zero-order valence-corrected chi connectivity index (χ0v) is 8.32. The predicted octanol–water partition coefficient (Wildman–Crippen LogP) is -0.328. The smallest absolute Gasteiger partial charge is 0.304 e. The highest BCUT2D eigenvalue weighted by Crippen LogP contribution is 2.07. The lowest BCUT2D eigenvalue weighted by Gasteiger charge is -2.19. The van der Waals surface area contributed by atoms with Crippen LogP contribution in [0.3, 0.4) is 0 Å². The van der Waals surface area contributed by atoms with Gasteiger partial charge in [0.05, 0.1) is 6.42 Å². The maximum absolute atomic E-state index is 10.9. The van der Waals surface area contributed by atoms with Gasteiger partial charge in [-0.3, -0.25) is 9.59 Å². The summed E-state index contributed by atoms with van der Waals surface area (Å²) in [4.78, 5) is 23.1. The Labute approximate surface area is 83.1 Å². The maximum Gasteiger partial charge on any atom is 0.304 e. The van der Waals surface area contributed by atoms with E-state index in [-0.39, 0.29) is 18.4 Å². The minimum atomic E-state index is -0.785. The van der Waals surface area contributed by atoms with Gasteiger partial charge in [-0.1, -0.05) is 0 Å². The predicted molar refractivity (Wildman–Crippen MR) is 50.9 cm³/mol. The van der Waals surface area contributed by atoms with Crippen molar-refractivity contribution in [3.63, 3.8) is 0 Å². The fourth-order valence-corrected chi connectivity index (χ4v) is 1.57. The number of amides is 1. The van der Waals surface area contributed by atoms with Crippen molar-refractivity contribution in [1.82, 2.24) is 10.2 Å². The van der Waals surface area contributed by atoms with Crippen molar-refractivity contribution in [3.05, 3.63) is 0 Å². The SMILES string of the molecule is CN(CCC(=O)O)CC1CCC(=O)N1. The van der Waals surface area contributed by atoms with Crippen molar-refractivity contribution in [1.29, 1.82) is 0 Å². The number of hydrogen-bond acceptors (Lipinski definition) is 3.